The number of aromatic nitrogens is 2. The summed E-state index contributed by atoms with van der Waals surface area (Å²) in [5.74, 6) is 1.14. The Balaban J connectivity index is 1.96. The molecular formula is C21H19N3O3. The highest BCUT2D eigenvalue weighted by Gasteiger charge is 2.15. The summed E-state index contributed by atoms with van der Waals surface area (Å²) in [4.78, 5) is 19.8. The van der Waals surface area contributed by atoms with E-state index in [1.165, 1.54) is 0 Å². The van der Waals surface area contributed by atoms with Crippen LogP contribution in [0.25, 0.3) is 33.2 Å². The second kappa shape index (κ2) is 6.64. The standard InChI is InChI=1S/C21H19N3O3/c1-26-14-5-3-12(4-6-14)17-9-13(10-19(22)25)20-21(23-17)16-8-7-15(27-2)11-18(16)24-20/h3-9,11,24H,10H2,1-2H3,(H2,22,25). The van der Waals surface area contributed by atoms with Crippen LogP contribution in [-0.4, -0.2) is 30.1 Å². The van der Waals surface area contributed by atoms with Crippen LogP contribution < -0.4 is 15.2 Å². The Morgan fingerprint density at radius 2 is 1.74 bits per heavy atom. The summed E-state index contributed by atoms with van der Waals surface area (Å²) in [5.41, 5.74) is 10.5. The van der Waals surface area contributed by atoms with Crippen molar-refractivity contribution in [3.63, 3.8) is 0 Å². The lowest BCUT2D eigenvalue weighted by Crippen LogP contribution is -2.14. The van der Waals surface area contributed by atoms with Gasteiger partial charge in [0.25, 0.3) is 0 Å². The molecule has 6 heteroatoms. The van der Waals surface area contributed by atoms with Crippen LogP contribution in [-0.2, 0) is 11.2 Å². The average Bonchev–Trinajstić information content (AvgIpc) is 3.05. The quantitative estimate of drug-likeness (QED) is 0.570. The summed E-state index contributed by atoms with van der Waals surface area (Å²) >= 11 is 0. The SMILES string of the molecule is COc1ccc(-c2cc(CC(N)=O)c3[nH]c4cc(OC)ccc4c3n2)cc1. The Labute approximate surface area is 155 Å². The molecule has 1 amide bonds. The van der Waals surface area contributed by atoms with Crippen LogP contribution in [0.15, 0.2) is 48.5 Å². The van der Waals surface area contributed by atoms with Gasteiger partial charge in [0.1, 0.15) is 11.5 Å². The lowest BCUT2D eigenvalue weighted by molar-refractivity contribution is -0.117. The fourth-order valence-electron chi connectivity index (χ4n) is 3.26. The summed E-state index contributed by atoms with van der Waals surface area (Å²) in [5, 5.41) is 0.965. The zero-order valence-electron chi connectivity index (χ0n) is 15.1. The first-order valence-corrected chi connectivity index (χ1v) is 8.51. The fourth-order valence-corrected chi connectivity index (χ4v) is 3.26. The Bertz CT molecular complexity index is 1150. The molecule has 0 saturated heterocycles. The van der Waals surface area contributed by atoms with Crippen molar-refractivity contribution in [2.45, 2.75) is 6.42 Å². The minimum absolute atomic E-state index is 0.131. The van der Waals surface area contributed by atoms with Gasteiger partial charge in [0.05, 0.1) is 42.9 Å². The molecule has 4 aromatic rings. The lowest BCUT2D eigenvalue weighted by Gasteiger charge is -2.07. The predicted octanol–water partition coefficient (Wildman–Crippen LogP) is 3.43. The van der Waals surface area contributed by atoms with Crippen molar-refractivity contribution in [3.8, 4) is 22.8 Å². The minimum atomic E-state index is -0.389. The van der Waals surface area contributed by atoms with E-state index < -0.39 is 0 Å². The van der Waals surface area contributed by atoms with Crippen molar-refractivity contribution in [1.82, 2.24) is 9.97 Å². The molecule has 0 atom stereocenters. The van der Waals surface area contributed by atoms with E-state index in [0.29, 0.717) is 0 Å². The Morgan fingerprint density at radius 3 is 2.41 bits per heavy atom. The molecule has 0 saturated carbocycles. The molecule has 136 valence electrons. The summed E-state index contributed by atoms with van der Waals surface area (Å²) in [6.45, 7) is 0. The van der Waals surface area contributed by atoms with Crippen LogP contribution in [0.4, 0.5) is 0 Å². The molecule has 4 rings (SSSR count). The normalized spacial score (nSPS) is 11.0. The van der Waals surface area contributed by atoms with Crippen molar-refractivity contribution in [3.05, 3.63) is 54.1 Å². The first-order valence-electron chi connectivity index (χ1n) is 8.51. The molecule has 0 unspecified atom stereocenters. The van der Waals surface area contributed by atoms with Gasteiger partial charge < -0.3 is 20.2 Å². The number of ether oxygens (including phenoxy) is 2. The largest absolute Gasteiger partial charge is 0.497 e. The van der Waals surface area contributed by atoms with Gasteiger partial charge in [-0.05, 0) is 48.0 Å². The van der Waals surface area contributed by atoms with Crippen molar-refractivity contribution in [2.75, 3.05) is 14.2 Å². The third kappa shape index (κ3) is 3.06. The third-order valence-electron chi connectivity index (χ3n) is 4.59. The number of pyridine rings is 1. The number of nitrogens with two attached hydrogens (primary N) is 1. The van der Waals surface area contributed by atoms with E-state index in [9.17, 15) is 4.79 Å². The summed E-state index contributed by atoms with van der Waals surface area (Å²) < 4.78 is 10.5. The van der Waals surface area contributed by atoms with Crippen molar-refractivity contribution >= 4 is 27.8 Å². The highest BCUT2D eigenvalue weighted by atomic mass is 16.5. The molecule has 0 aliphatic rings. The molecule has 0 spiro atoms. The van der Waals surface area contributed by atoms with Gasteiger partial charge in [-0.15, -0.1) is 0 Å². The number of methoxy groups -OCH3 is 2. The van der Waals surface area contributed by atoms with Gasteiger partial charge in [0.15, 0.2) is 0 Å². The van der Waals surface area contributed by atoms with Gasteiger partial charge in [-0.3, -0.25) is 4.79 Å². The van der Waals surface area contributed by atoms with Crippen molar-refractivity contribution in [2.24, 2.45) is 5.73 Å². The highest BCUT2D eigenvalue weighted by molar-refractivity contribution is 6.07. The second-order valence-corrected chi connectivity index (χ2v) is 6.30. The number of benzene rings is 2. The number of nitrogens with zero attached hydrogens (tertiary/aromatic N) is 1. The van der Waals surface area contributed by atoms with E-state index in [-0.39, 0.29) is 12.3 Å². The maximum absolute atomic E-state index is 11.6. The molecule has 27 heavy (non-hydrogen) atoms. The maximum atomic E-state index is 11.6. The van der Waals surface area contributed by atoms with Crippen LogP contribution in [0.1, 0.15) is 5.56 Å². The number of amides is 1. The molecule has 0 radical (unpaired) electrons. The first-order chi connectivity index (χ1) is 13.1. The Kier molecular flexibility index (Phi) is 4.16. The van der Waals surface area contributed by atoms with Gasteiger partial charge in [0.2, 0.25) is 5.91 Å². The summed E-state index contributed by atoms with van der Waals surface area (Å²) in [6, 6.07) is 15.3. The number of H-pyrrole nitrogens is 1. The number of primary amides is 1. The number of hydrogen-bond acceptors (Lipinski definition) is 4. The smallest absolute Gasteiger partial charge is 0.221 e. The number of carbonyl (C=O) groups is 1. The van der Waals surface area contributed by atoms with E-state index in [2.05, 4.69) is 4.98 Å². The van der Waals surface area contributed by atoms with Crippen LogP contribution in [0.2, 0.25) is 0 Å². The molecule has 2 aromatic heterocycles. The van der Waals surface area contributed by atoms with Gasteiger partial charge in [0, 0.05) is 17.0 Å². The molecule has 0 aliphatic heterocycles. The number of nitrogens with one attached hydrogen (secondary N) is 1. The zero-order valence-corrected chi connectivity index (χ0v) is 15.1. The maximum Gasteiger partial charge on any atom is 0.221 e. The van der Waals surface area contributed by atoms with Crippen LogP contribution in [0.5, 0.6) is 11.5 Å². The molecule has 2 aromatic carbocycles. The molecule has 0 fully saturated rings. The van der Waals surface area contributed by atoms with Gasteiger partial charge >= 0.3 is 0 Å². The van der Waals surface area contributed by atoms with Gasteiger partial charge in [-0.2, -0.15) is 0 Å². The summed E-state index contributed by atoms with van der Waals surface area (Å²) in [7, 11) is 3.26. The Hall–Kier alpha value is -3.54. The number of hydrogen-bond donors (Lipinski definition) is 2. The predicted molar refractivity (Wildman–Crippen MR) is 105 cm³/mol. The molecule has 2 heterocycles. The van der Waals surface area contributed by atoms with Gasteiger partial charge in [-0.1, -0.05) is 0 Å². The second-order valence-electron chi connectivity index (χ2n) is 6.30. The van der Waals surface area contributed by atoms with E-state index in [1.54, 1.807) is 14.2 Å². The molecule has 6 nitrogen and oxygen atoms in total. The number of aromatic amines is 1. The van der Waals surface area contributed by atoms with Crippen LogP contribution >= 0.6 is 0 Å². The number of fused-ring (bicyclic) bond motifs is 3. The highest BCUT2D eigenvalue weighted by Crippen LogP contribution is 2.32. The van der Waals surface area contributed by atoms with E-state index in [4.69, 9.17) is 20.2 Å². The van der Waals surface area contributed by atoms with E-state index in [1.807, 2.05) is 48.5 Å². The topological polar surface area (TPSA) is 90.2 Å². The monoisotopic (exact) mass is 361 g/mol. The molecular weight excluding hydrogens is 342 g/mol. The fraction of sp³-hybridized carbons (Fsp3) is 0.143. The first kappa shape index (κ1) is 16.9. The van der Waals surface area contributed by atoms with Crippen LogP contribution in [0, 0.1) is 0 Å². The Morgan fingerprint density at radius 1 is 1.04 bits per heavy atom. The number of carbonyl (C=O) groups excluding carboxylic acids is 1. The van der Waals surface area contributed by atoms with Crippen LogP contribution in [0.3, 0.4) is 0 Å². The zero-order chi connectivity index (χ0) is 19.0. The van der Waals surface area contributed by atoms with Gasteiger partial charge in [-0.25, -0.2) is 4.98 Å². The summed E-state index contributed by atoms with van der Waals surface area (Å²) in [6.07, 6.45) is 0.131. The van der Waals surface area contributed by atoms with Crippen molar-refractivity contribution < 1.29 is 14.3 Å². The molecule has 0 bridgehead atoms. The third-order valence-corrected chi connectivity index (χ3v) is 4.59. The lowest BCUT2D eigenvalue weighted by atomic mass is 10.0. The minimum Gasteiger partial charge on any atom is -0.497 e. The average molecular weight is 361 g/mol. The molecule has 0 aliphatic carbocycles. The number of rotatable bonds is 5. The van der Waals surface area contributed by atoms with E-state index >= 15 is 0 Å². The molecule has 3 N–H and O–H groups in total. The van der Waals surface area contributed by atoms with E-state index in [0.717, 1.165) is 50.3 Å². The van der Waals surface area contributed by atoms with Crippen molar-refractivity contribution in [1.29, 1.82) is 0 Å².